The molecule has 0 radical (unpaired) electrons. The largest absolute Gasteiger partial charge is 0.409 e. The number of nitrogens with zero attached hydrogens (tertiary/aromatic N) is 2. The first-order valence-corrected chi connectivity index (χ1v) is 6.28. The summed E-state index contributed by atoms with van der Waals surface area (Å²) < 4.78 is 0. The second kappa shape index (κ2) is 6.09. The van der Waals surface area contributed by atoms with Crippen molar-refractivity contribution in [1.29, 1.82) is 0 Å². The molecule has 94 valence electrons. The average molecular weight is 227 g/mol. The van der Waals surface area contributed by atoms with Crippen LogP contribution in [-0.4, -0.2) is 35.6 Å². The minimum atomic E-state index is 0.343. The number of likely N-dealkylation sites (tertiary alicyclic amines) is 1. The van der Waals surface area contributed by atoms with Gasteiger partial charge in [-0.2, -0.15) is 0 Å². The van der Waals surface area contributed by atoms with Crippen LogP contribution in [-0.2, 0) is 0 Å². The van der Waals surface area contributed by atoms with Crippen LogP contribution in [0.1, 0.15) is 46.0 Å². The summed E-state index contributed by atoms with van der Waals surface area (Å²) >= 11 is 0. The van der Waals surface area contributed by atoms with Gasteiger partial charge in [-0.15, -0.1) is 0 Å². The highest BCUT2D eigenvalue weighted by Gasteiger charge is 2.27. The fourth-order valence-electron chi connectivity index (χ4n) is 2.20. The lowest BCUT2D eigenvalue weighted by Crippen LogP contribution is -2.39. The Hall–Kier alpha value is -0.770. The lowest BCUT2D eigenvalue weighted by atomic mass is 9.78. The van der Waals surface area contributed by atoms with Gasteiger partial charge in [0.1, 0.15) is 5.84 Å². The molecule has 4 heteroatoms. The predicted octanol–water partition coefficient (Wildman–Crippen LogP) is 2.03. The monoisotopic (exact) mass is 227 g/mol. The molecule has 1 saturated heterocycles. The Kier molecular flexibility index (Phi) is 5.06. The minimum Gasteiger partial charge on any atom is -0.409 e. The Morgan fingerprint density at radius 2 is 2.06 bits per heavy atom. The van der Waals surface area contributed by atoms with Crippen molar-refractivity contribution >= 4 is 5.84 Å². The van der Waals surface area contributed by atoms with E-state index in [2.05, 4.69) is 23.9 Å². The summed E-state index contributed by atoms with van der Waals surface area (Å²) in [6, 6.07) is 0. The number of amidine groups is 1. The summed E-state index contributed by atoms with van der Waals surface area (Å²) in [6.07, 6.45) is 5.56. The van der Waals surface area contributed by atoms with Gasteiger partial charge in [-0.25, -0.2) is 0 Å². The molecule has 0 spiro atoms. The van der Waals surface area contributed by atoms with Crippen molar-refractivity contribution in [1.82, 2.24) is 4.90 Å². The normalized spacial score (nSPS) is 22.2. The fraction of sp³-hybridized carbons (Fsp3) is 0.917. The van der Waals surface area contributed by atoms with Crippen molar-refractivity contribution in [2.45, 2.75) is 46.0 Å². The SMILES string of the molecule is CCC1(C)CCN(CCCC(N)=NO)CC1. The molecule has 3 N–H and O–H groups in total. The van der Waals surface area contributed by atoms with Gasteiger partial charge in [0, 0.05) is 6.42 Å². The third-order valence-corrected chi connectivity index (χ3v) is 3.95. The third kappa shape index (κ3) is 4.00. The zero-order valence-corrected chi connectivity index (χ0v) is 10.6. The van der Waals surface area contributed by atoms with E-state index in [-0.39, 0.29) is 0 Å². The van der Waals surface area contributed by atoms with Gasteiger partial charge in [0.05, 0.1) is 0 Å². The molecule has 1 heterocycles. The summed E-state index contributed by atoms with van der Waals surface area (Å²) in [4.78, 5) is 2.49. The molecule has 0 aromatic carbocycles. The Bertz CT molecular complexity index is 232. The highest BCUT2D eigenvalue weighted by molar-refractivity contribution is 5.79. The Balaban J connectivity index is 2.18. The standard InChI is InChI=1S/C12H25N3O/c1-3-12(2)6-9-15(10-7-12)8-4-5-11(13)14-16/h16H,3-10H2,1-2H3,(H2,13,14). The predicted molar refractivity (Wildman–Crippen MR) is 66.7 cm³/mol. The van der Waals surface area contributed by atoms with Gasteiger partial charge in [-0.1, -0.05) is 25.4 Å². The lowest BCUT2D eigenvalue weighted by Gasteiger charge is -2.38. The number of nitrogens with two attached hydrogens (primary N) is 1. The first-order chi connectivity index (χ1) is 7.59. The maximum Gasteiger partial charge on any atom is 0.139 e. The van der Waals surface area contributed by atoms with Crippen molar-refractivity contribution in [3.8, 4) is 0 Å². The molecule has 0 saturated carbocycles. The van der Waals surface area contributed by atoms with E-state index in [1.807, 2.05) is 0 Å². The summed E-state index contributed by atoms with van der Waals surface area (Å²) in [5.74, 6) is 0.343. The lowest BCUT2D eigenvalue weighted by molar-refractivity contribution is 0.114. The van der Waals surface area contributed by atoms with E-state index in [1.165, 1.54) is 32.4 Å². The first-order valence-electron chi connectivity index (χ1n) is 6.28. The maximum atomic E-state index is 8.42. The zero-order valence-electron chi connectivity index (χ0n) is 10.6. The molecule has 0 atom stereocenters. The molecular weight excluding hydrogens is 202 g/mol. The quantitative estimate of drug-likeness (QED) is 0.327. The van der Waals surface area contributed by atoms with E-state index in [0.29, 0.717) is 17.7 Å². The van der Waals surface area contributed by atoms with Crippen LogP contribution in [0.2, 0.25) is 0 Å². The molecule has 4 nitrogen and oxygen atoms in total. The third-order valence-electron chi connectivity index (χ3n) is 3.95. The van der Waals surface area contributed by atoms with Gasteiger partial charge >= 0.3 is 0 Å². The molecule has 1 fully saturated rings. The van der Waals surface area contributed by atoms with Gasteiger partial charge in [-0.3, -0.25) is 0 Å². The van der Waals surface area contributed by atoms with Crippen LogP contribution in [0, 0.1) is 5.41 Å². The number of oxime groups is 1. The van der Waals surface area contributed by atoms with Gasteiger partial charge in [0.25, 0.3) is 0 Å². The van der Waals surface area contributed by atoms with Crippen LogP contribution < -0.4 is 5.73 Å². The van der Waals surface area contributed by atoms with Crippen LogP contribution >= 0.6 is 0 Å². The minimum absolute atomic E-state index is 0.343. The van der Waals surface area contributed by atoms with Crippen LogP contribution in [0.5, 0.6) is 0 Å². The van der Waals surface area contributed by atoms with Gasteiger partial charge in [0.15, 0.2) is 0 Å². The van der Waals surface area contributed by atoms with E-state index in [0.717, 1.165) is 13.0 Å². The van der Waals surface area contributed by atoms with Crippen LogP contribution in [0.3, 0.4) is 0 Å². The van der Waals surface area contributed by atoms with Crippen molar-refractivity contribution in [3.05, 3.63) is 0 Å². The highest BCUT2D eigenvalue weighted by atomic mass is 16.4. The Labute approximate surface area is 98.5 Å². The summed E-state index contributed by atoms with van der Waals surface area (Å²) in [5, 5.41) is 11.4. The molecule has 0 unspecified atom stereocenters. The van der Waals surface area contributed by atoms with Crippen molar-refractivity contribution in [2.24, 2.45) is 16.3 Å². The molecule has 0 aromatic rings. The molecular formula is C12H25N3O. The smallest absolute Gasteiger partial charge is 0.139 e. The summed E-state index contributed by atoms with van der Waals surface area (Å²) in [6.45, 7) is 8.13. The molecule has 1 aliphatic rings. The molecule has 0 amide bonds. The van der Waals surface area contributed by atoms with E-state index in [1.54, 1.807) is 0 Å². The van der Waals surface area contributed by atoms with Crippen molar-refractivity contribution in [3.63, 3.8) is 0 Å². The maximum absolute atomic E-state index is 8.42. The number of rotatable bonds is 5. The van der Waals surface area contributed by atoms with E-state index in [4.69, 9.17) is 10.9 Å². The number of piperidine rings is 1. The summed E-state index contributed by atoms with van der Waals surface area (Å²) in [5.41, 5.74) is 5.99. The Morgan fingerprint density at radius 1 is 1.44 bits per heavy atom. The van der Waals surface area contributed by atoms with Crippen LogP contribution in [0.15, 0.2) is 5.16 Å². The highest BCUT2D eigenvalue weighted by Crippen LogP contribution is 2.33. The van der Waals surface area contributed by atoms with Gasteiger partial charge in [-0.05, 0) is 44.3 Å². The second-order valence-electron chi connectivity index (χ2n) is 5.20. The molecule has 0 aliphatic carbocycles. The van der Waals surface area contributed by atoms with Gasteiger partial charge < -0.3 is 15.8 Å². The van der Waals surface area contributed by atoms with E-state index >= 15 is 0 Å². The Morgan fingerprint density at radius 3 is 2.56 bits per heavy atom. The molecule has 0 bridgehead atoms. The van der Waals surface area contributed by atoms with E-state index < -0.39 is 0 Å². The van der Waals surface area contributed by atoms with Gasteiger partial charge in [0.2, 0.25) is 0 Å². The van der Waals surface area contributed by atoms with E-state index in [9.17, 15) is 0 Å². The zero-order chi connectivity index (χ0) is 12.0. The molecule has 16 heavy (non-hydrogen) atoms. The number of hydrogen-bond acceptors (Lipinski definition) is 3. The van der Waals surface area contributed by atoms with Crippen molar-refractivity contribution in [2.75, 3.05) is 19.6 Å². The van der Waals surface area contributed by atoms with Crippen molar-refractivity contribution < 1.29 is 5.21 Å². The topological polar surface area (TPSA) is 61.8 Å². The molecule has 0 aromatic heterocycles. The first kappa shape index (κ1) is 13.3. The molecule has 1 rings (SSSR count). The molecule has 1 aliphatic heterocycles. The average Bonchev–Trinajstić information content (AvgIpc) is 2.31. The second-order valence-corrected chi connectivity index (χ2v) is 5.20. The van der Waals surface area contributed by atoms with Crippen LogP contribution in [0.25, 0.3) is 0 Å². The summed E-state index contributed by atoms with van der Waals surface area (Å²) in [7, 11) is 0. The van der Waals surface area contributed by atoms with Crippen LogP contribution in [0.4, 0.5) is 0 Å². The number of hydrogen-bond donors (Lipinski definition) is 2. The fourth-order valence-corrected chi connectivity index (χ4v) is 2.20.